The molecule has 1 rings (SSSR count). The monoisotopic (exact) mass is 248 g/mol. The first-order valence-electron chi connectivity index (χ1n) is 6.58. The van der Waals surface area contributed by atoms with Crippen molar-refractivity contribution in [1.29, 1.82) is 0 Å². The van der Waals surface area contributed by atoms with E-state index in [9.17, 15) is 4.79 Å². The van der Waals surface area contributed by atoms with Crippen LogP contribution in [0.2, 0.25) is 0 Å². The number of hydrogen-bond donors (Lipinski definition) is 0. The standard InChI is InChI=1S/C15H24N2O/c1-5-17(6-2)15(18)12-16(4)11-14-9-7-13(3)8-10-14/h7-10H,5-6,11-12H2,1-4H3. The van der Waals surface area contributed by atoms with Crippen molar-refractivity contribution in [2.24, 2.45) is 0 Å². The van der Waals surface area contributed by atoms with Crippen molar-refractivity contribution in [2.45, 2.75) is 27.3 Å². The third-order valence-corrected chi connectivity index (χ3v) is 3.09. The molecule has 0 fully saturated rings. The highest BCUT2D eigenvalue weighted by molar-refractivity contribution is 5.78. The van der Waals surface area contributed by atoms with Crippen molar-refractivity contribution < 1.29 is 4.79 Å². The van der Waals surface area contributed by atoms with Gasteiger partial charge in [0.2, 0.25) is 5.91 Å². The first kappa shape index (κ1) is 14.7. The quantitative estimate of drug-likeness (QED) is 0.771. The molecule has 0 spiro atoms. The maximum atomic E-state index is 11.9. The van der Waals surface area contributed by atoms with Gasteiger partial charge in [0.05, 0.1) is 6.54 Å². The van der Waals surface area contributed by atoms with Crippen LogP contribution in [0.5, 0.6) is 0 Å². The van der Waals surface area contributed by atoms with Crippen molar-refractivity contribution in [1.82, 2.24) is 9.80 Å². The van der Waals surface area contributed by atoms with Crippen LogP contribution in [0.3, 0.4) is 0 Å². The summed E-state index contributed by atoms with van der Waals surface area (Å²) in [5.74, 6) is 0.203. The predicted molar refractivity (Wildman–Crippen MR) is 75.4 cm³/mol. The van der Waals surface area contributed by atoms with Crippen LogP contribution in [0.4, 0.5) is 0 Å². The molecule has 0 aromatic heterocycles. The second-order valence-electron chi connectivity index (χ2n) is 4.72. The first-order valence-corrected chi connectivity index (χ1v) is 6.58. The number of carbonyl (C=O) groups is 1. The van der Waals surface area contributed by atoms with E-state index in [0.717, 1.165) is 19.6 Å². The molecule has 18 heavy (non-hydrogen) atoms. The Morgan fingerprint density at radius 1 is 1.11 bits per heavy atom. The summed E-state index contributed by atoms with van der Waals surface area (Å²) in [6, 6.07) is 8.45. The molecule has 0 radical (unpaired) electrons. The van der Waals surface area contributed by atoms with Gasteiger partial charge in [-0.3, -0.25) is 9.69 Å². The van der Waals surface area contributed by atoms with E-state index in [2.05, 4.69) is 36.1 Å². The summed E-state index contributed by atoms with van der Waals surface area (Å²) in [7, 11) is 1.99. The zero-order valence-electron chi connectivity index (χ0n) is 11.9. The van der Waals surface area contributed by atoms with Crippen LogP contribution in [-0.2, 0) is 11.3 Å². The number of rotatable bonds is 6. The molecule has 0 heterocycles. The van der Waals surface area contributed by atoms with Gasteiger partial charge in [-0.1, -0.05) is 29.8 Å². The smallest absolute Gasteiger partial charge is 0.236 e. The minimum atomic E-state index is 0.203. The second-order valence-corrected chi connectivity index (χ2v) is 4.72. The van der Waals surface area contributed by atoms with Crippen LogP contribution in [0.1, 0.15) is 25.0 Å². The zero-order valence-corrected chi connectivity index (χ0v) is 11.9. The number of benzene rings is 1. The third kappa shape index (κ3) is 4.49. The molecule has 0 atom stereocenters. The lowest BCUT2D eigenvalue weighted by Gasteiger charge is -2.23. The van der Waals surface area contributed by atoms with E-state index in [-0.39, 0.29) is 5.91 Å². The topological polar surface area (TPSA) is 23.6 Å². The highest BCUT2D eigenvalue weighted by atomic mass is 16.2. The molecule has 0 bridgehead atoms. The summed E-state index contributed by atoms with van der Waals surface area (Å²) in [6.07, 6.45) is 0. The van der Waals surface area contributed by atoms with E-state index in [4.69, 9.17) is 0 Å². The van der Waals surface area contributed by atoms with Crippen molar-refractivity contribution in [3.8, 4) is 0 Å². The van der Waals surface area contributed by atoms with Crippen LogP contribution < -0.4 is 0 Å². The number of likely N-dealkylation sites (N-methyl/N-ethyl adjacent to an activating group) is 2. The zero-order chi connectivity index (χ0) is 13.5. The van der Waals surface area contributed by atoms with E-state index < -0.39 is 0 Å². The van der Waals surface area contributed by atoms with Crippen molar-refractivity contribution in [2.75, 3.05) is 26.7 Å². The molecule has 1 amide bonds. The van der Waals surface area contributed by atoms with E-state index >= 15 is 0 Å². The largest absolute Gasteiger partial charge is 0.342 e. The summed E-state index contributed by atoms with van der Waals surface area (Å²) in [5.41, 5.74) is 2.51. The molecule has 3 nitrogen and oxygen atoms in total. The molecular weight excluding hydrogens is 224 g/mol. The fraction of sp³-hybridized carbons (Fsp3) is 0.533. The van der Waals surface area contributed by atoms with E-state index in [0.29, 0.717) is 6.54 Å². The van der Waals surface area contributed by atoms with Gasteiger partial charge in [-0.25, -0.2) is 0 Å². The molecule has 0 N–H and O–H groups in total. The summed E-state index contributed by atoms with van der Waals surface area (Å²) in [4.78, 5) is 15.9. The maximum absolute atomic E-state index is 11.9. The SMILES string of the molecule is CCN(CC)C(=O)CN(C)Cc1ccc(C)cc1. The lowest BCUT2D eigenvalue weighted by molar-refractivity contribution is -0.131. The Hall–Kier alpha value is -1.35. The lowest BCUT2D eigenvalue weighted by Crippen LogP contribution is -2.38. The minimum absolute atomic E-state index is 0.203. The number of carbonyl (C=O) groups excluding carboxylic acids is 1. The Bertz CT molecular complexity index is 369. The number of nitrogens with zero attached hydrogens (tertiary/aromatic N) is 2. The molecule has 0 aliphatic rings. The van der Waals surface area contributed by atoms with E-state index in [1.807, 2.05) is 25.8 Å². The minimum Gasteiger partial charge on any atom is -0.342 e. The molecule has 3 heteroatoms. The molecular formula is C15H24N2O. The number of amides is 1. The molecule has 0 unspecified atom stereocenters. The van der Waals surface area contributed by atoms with E-state index in [1.165, 1.54) is 11.1 Å². The highest BCUT2D eigenvalue weighted by Gasteiger charge is 2.12. The molecule has 1 aromatic carbocycles. The first-order chi connectivity index (χ1) is 8.56. The maximum Gasteiger partial charge on any atom is 0.236 e. The van der Waals surface area contributed by atoms with Crippen molar-refractivity contribution >= 4 is 5.91 Å². The van der Waals surface area contributed by atoms with Gasteiger partial charge in [0, 0.05) is 19.6 Å². The summed E-state index contributed by atoms with van der Waals surface area (Å²) in [5, 5.41) is 0. The predicted octanol–water partition coefficient (Wildman–Crippen LogP) is 2.30. The highest BCUT2D eigenvalue weighted by Crippen LogP contribution is 2.06. The van der Waals surface area contributed by atoms with Crippen LogP contribution in [0, 0.1) is 6.92 Å². The van der Waals surface area contributed by atoms with Gasteiger partial charge < -0.3 is 4.90 Å². The molecule has 0 aliphatic carbocycles. The molecule has 0 aliphatic heterocycles. The molecule has 1 aromatic rings. The average Bonchev–Trinajstić information content (AvgIpc) is 2.33. The van der Waals surface area contributed by atoms with Crippen molar-refractivity contribution in [3.05, 3.63) is 35.4 Å². The fourth-order valence-corrected chi connectivity index (χ4v) is 1.97. The number of hydrogen-bond acceptors (Lipinski definition) is 2. The van der Waals surface area contributed by atoms with E-state index in [1.54, 1.807) is 0 Å². The van der Waals surface area contributed by atoms with Crippen molar-refractivity contribution in [3.63, 3.8) is 0 Å². The summed E-state index contributed by atoms with van der Waals surface area (Å²) < 4.78 is 0. The van der Waals surface area contributed by atoms with Gasteiger partial charge in [0.15, 0.2) is 0 Å². The fourth-order valence-electron chi connectivity index (χ4n) is 1.97. The third-order valence-electron chi connectivity index (χ3n) is 3.09. The normalized spacial score (nSPS) is 10.7. The Morgan fingerprint density at radius 3 is 2.17 bits per heavy atom. The molecule has 0 saturated carbocycles. The molecule has 100 valence electrons. The van der Waals surface area contributed by atoms with Gasteiger partial charge in [-0.05, 0) is 33.4 Å². The Balaban J connectivity index is 2.48. The van der Waals surface area contributed by atoms with Gasteiger partial charge >= 0.3 is 0 Å². The Morgan fingerprint density at radius 2 is 1.67 bits per heavy atom. The van der Waals surface area contributed by atoms with Crippen LogP contribution in [0.15, 0.2) is 24.3 Å². The summed E-state index contributed by atoms with van der Waals surface area (Å²) >= 11 is 0. The van der Waals surface area contributed by atoms with Gasteiger partial charge in [-0.15, -0.1) is 0 Å². The van der Waals surface area contributed by atoms with Crippen LogP contribution in [0.25, 0.3) is 0 Å². The van der Waals surface area contributed by atoms with Gasteiger partial charge in [-0.2, -0.15) is 0 Å². The Labute approximate surface area is 110 Å². The Kier molecular flexibility index (Phi) is 5.86. The lowest BCUT2D eigenvalue weighted by atomic mass is 10.1. The number of aryl methyl sites for hydroxylation is 1. The van der Waals surface area contributed by atoms with Gasteiger partial charge in [0.1, 0.15) is 0 Å². The van der Waals surface area contributed by atoms with Gasteiger partial charge in [0.25, 0.3) is 0 Å². The average molecular weight is 248 g/mol. The second kappa shape index (κ2) is 7.17. The summed E-state index contributed by atoms with van der Waals surface area (Å²) in [6.45, 7) is 8.98. The van der Waals surface area contributed by atoms with Crippen LogP contribution in [-0.4, -0.2) is 42.4 Å². The van der Waals surface area contributed by atoms with Crippen LogP contribution >= 0.6 is 0 Å². The molecule has 0 saturated heterocycles.